The monoisotopic (exact) mass is 384 g/mol. The normalized spacial score (nSPS) is 31.9. The van der Waals surface area contributed by atoms with Crippen LogP contribution in [0.1, 0.15) is 43.7 Å². The Morgan fingerprint density at radius 3 is 2.75 bits per heavy atom. The molecule has 7 heteroatoms. The van der Waals surface area contributed by atoms with Gasteiger partial charge in [0.15, 0.2) is 0 Å². The highest BCUT2D eigenvalue weighted by molar-refractivity contribution is 5.23. The van der Waals surface area contributed by atoms with Crippen LogP contribution in [-0.2, 0) is 22.0 Å². The van der Waals surface area contributed by atoms with E-state index in [1.54, 1.807) is 17.7 Å². The highest BCUT2D eigenvalue weighted by Gasteiger charge is 2.73. The second kappa shape index (κ2) is 5.89. The van der Waals surface area contributed by atoms with Crippen LogP contribution >= 0.6 is 0 Å². The Hall–Kier alpha value is -2.22. The number of fused-ring (bicyclic) bond motifs is 2. The molecular formula is C21H24N2O5. The van der Waals surface area contributed by atoms with Crippen LogP contribution in [0.4, 0.5) is 0 Å². The van der Waals surface area contributed by atoms with Gasteiger partial charge in [-0.25, -0.2) is 4.57 Å². The number of hydrogen-bond donors (Lipinski definition) is 1. The number of rotatable bonds is 5. The molecule has 28 heavy (non-hydrogen) atoms. The molecule has 3 atom stereocenters. The molecule has 1 unspecified atom stereocenters. The molecule has 2 aromatic rings. The van der Waals surface area contributed by atoms with Crippen molar-refractivity contribution < 1.29 is 19.3 Å². The zero-order valence-electron chi connectivity index (χ0n) is 16.1. The number of hydrogen-bond acceptors (Lipinski definition) is 6. The number of ether oxygens (including phenoxy) is 3. The van der Waals surface area contributed by atoms with Crippen molar-refractivity contribution >= 4 is 0 Å². The molecule has 1 aliphatic carbocycles. The molecule has 7 nitrogen and oxygen atoms in total. The Morgan fingerprint density at radius 1 is 1.32 bits per heavy atom. The van der Waals surface area contributed by atoms with Crippen LogP contribution in [-0.4, -0.2) is 32.0 Å². The Balaban J connectivity index is 1.48. The Morgan fingerprint density at radius 2 is 2.07 bits per heavy atom. The van der Waals surface area contributed by atoms with Crippen molar-refractivity contribution in [3.8, 4) is 6.01 Å². The molecule has 1 saturated carbocycles. The number of aromatic nitrogens is 2. The SMILES string of the molecule is CC[C@@]1(C2(O)CC2)O[C@@]2(CC1OCc1ccccc1)Oc1nc(=O)c(C)cn12. The molecule has 3 heterocycles. The van der Waals surface area contributed by atoms with Crippen molar-refractivity contribution in [2.24, 2.45) is 0 Å². The first kappa shape index (κ1) is 17.8. The summed E-state index contributed by atoms with van der Waals surface area (Å²) < 4.78 is 20.4. The number of benzene rings is 1. The topological polar surface area (TPSA) is 82.8 Å². The highest BCUT2D eigenvalue weighted by atomic mass is 16.8. The quantitative estimate of drug-likeness (QED) is 0.851. The maximum absolute atomic E-state index is 11.8. The van der Waals surface area contributed by atoms with Gasteiger partial charge in [0.2, 0.25) is 0 Å². The molecule has 2 fully saturated rings. The fourth-order valence-corrected chi connectivity index (χ4v) is 4.53. The molecule has 1 spiro atoms. The van der Waals surface area contributed by atoms with Crippen LogP contribution in [0.3, 0.4) is 0 Å². The summed E-state index contributed by atoms with van der Waals surface area (Å²) in [5, 5.41) is 11.1. The summed E-state index contributed by atoms with van der Waals surface area (Å²) in [5.74, 6) is -1.09. The molecule has 5 rings (SSSR count). The first-order chi connectivity index (χ1) is 13.4. The minimum Gasteiger partial charge on any atom is -0.412 e. The van der Waals surface area contributed by atoms with E-state index in [9.17, 15) is 9.90 Å². The van der Waals surface area contributed by atoms with Gasteiger partial charge in [-0.1, -0.05) is 37.3 Å². The lowest BCUT2D eigenvalue weighted by molar-refractivity contribution is -0.326. The molecule has 148 valence electrons. The van der Waals surface area contributed by atoms with Gasteiger partial charge in [0.05, 0.1) is 24.7 Å². The van der Waals surface area contributed by atoms with Crippen LogP contribution in [0.5, 0.6) is 6.01 Å². The zero-order chi connectivity index (χ0) is 19.6. The highest BCUT2D eigenvalue weighted by Crippen LogP contribution is 2.60. The van der Waals surface area contributed by atoms with Gasteiger partial charge in [-0.3, -0.25) is 4.79 Å². The largest absolute Gasteiger partial charge is 0.412 e. The molecule has 1 aromatic heterocycles. The summed E-state index contributed by atoms with van der Waals surface area (Å²) in [6.07, 6.45) is 3.74. The molecule has 3 aliphatic rings. The molecule has 0 bridgehead atoms. The fourth-order valence-electron chi connectivity index (χ4n) is 4.53. The molecule has 2 aliphatic heterocycles. The smallest absolute Gasteiger partial charge is 0.308 e. The van der Waals surface area contributed by atoms with E-state index >= 15 is 0 Å². The van der Waals surface area contributed by atoms with E-state index in [1.165, 1.54) is 0 Å². The maximum Gasteiger partial charge on any atom is 0.308 e. The number of aliphatic hydroxyl groups is 1. The van der Waals surface area contributed by atoms with Gasteiger partial charge >= 0.3 is 11.9 Å². The predicted octanol–water partition coefficient (Wildman–Crippen LogP) is 2.23. The van der Waals surface area contributed by atoms with Gasteiger partial charge in [-0.2, -0.15) is 4.98 Å². The molecular weight excluding hydrogens is 360 g/mol. The Bertz CT molecular complexity index is 971. The summed E-state index contributed by atoms with van der Waals surface area (Å²) in [4.78, 5) is 15.7. The predicted molar refractivity (Wildman–Crippen MR) is 99.8 cm³/mol. The Kier molecular flexibility index (Phi) is 3.75. The first-order valence-corrected chi connectivity index (χ1v) is 9.79. The summed E-state index contributed by atoms with van der Waals surface area (Å²) in [6, 6.07) is 10.2. The van der Waals surface area contributed by atoms with E-state index in [1.807, 2.05) is 37.3 Å². The average Bonchev–Trinajstić information content (AvgIpc) is 3.34. The minimum atomic E-state index is -1.09. The second-order valence-corrected chi connectivity index (χ2v) is 8.06. The zero-order valence-corrected chi connectivity index (χ0v) is 16.1. The third-order valence-corrected chi connectivity index (χ3v) is 6.32. The molecule has 0 radical (unpaired) electrons. The van der Waals surface area contributed by atoms with Crippen molar-refractivity contribution in [1.29, 1.82) is 0 Å². The van der Waals surface area contributed by atoms with Gasteiger partial charge in [-0.05, 0) is 31.7 Å². The first-order valence-electron chi connectivity index (χ1n) is 9.79. The molecule has 1 aromatic carbocycles. The van der Waals surface area contributed by atoms with E-state index in [4.69, 9.17) is 14.2 Å². The third-order valence-electron chi connectivity index (χ3n) is 6.32. The van der Waals surface area contributed by atoms with E-state index in [0.29, 0.717) is 37.9 Å². The summed E-state index contributed by atoms with van der Waals surface area (Å²) >= 11 is 0. The van der Waals surface area contributed by atoms with E-state index < -0.39 is 17.1 Å². The van der Waals surface area contributed by atoms with Crippen LogP contribution in [0.2, 0.25) is 0 Å². The molecule has 1 saturated heterocycles. The molecule has 0 amide bonds. The number of aryl methyl sites for hydroxylation is 1. The fraction of sp³-hybridized carbons (Fsp3) is 0.524. The van der Waals surface area contributed by atoms with Crippen LogP contribution < -0.4 is 10.3 Å². The maximum atomic E-state index is 11.8. The van der Waals surface area contributed by atoms with Gasteiger partial charge in [0, 0.05) is 11.8 Å². The van der Waals surface area contributed by atoms with Crippen molar-refractivity contribution in [1.82, 2.24) is 9.55 Å². The lowest BCUT2D eigenvalue weighted by Crippen LogP contribution is -2.56. The van der Waals surface area contributed by atoms with Gasteiger partial charge in [-0.15, -0.1) is 0 Å². The van der Waals surface area contributed by atoms with Crippen LogP contribution in [0.15, 0.2) is 41.3 Å². The van der Waals surface area contributed by atoms with E-state index in [2.05, 4.69) is 4.98 Å². The van der Waals surface area contributed by atoms with Crippen molar-refractivity contribution in [2.45, 2.75) is 69.4 Å². The van der Waals surface area contributed by atoms with Gasteiger partial charge < -0.3 is 19.3 Å². The van der Waals surface area contributed by atoms with E-state index in [-0.39, 0.29) is 17.7 Å². The average molecular weight is 384 g/mol. The standard InChI is InChI=1S/C21H24N2O5/c1-3-20(19(25)9-10-19)16(26-13-15-7-5-4-6-8-15)11-21(28-20)23-12-14(2)17(24)22-18(23)27-21/h4-8,12,16,25H,3,9-11,13H2,1-2H3/t16?,20-,21-/m1/s1. The van der Waals surface area contributed by atoms with Gasteiger partial charge in [0.1, 0.15) is 5.60 Å². The van der Waals surface area contributed by atoms with Crippen LogP contribution in [0.25, 0.3) is 0 Å². The Labute approximate surface area is 162 Å². The number of nitrogens with zero attached hydrogens (tertiary/aromatic N) is 2. The summed E-state index contributed by atoms with van der Waals surface area (Å²) in [5.41, 5.74) is -0.509. The minimum absolute atomic E-state index is 0.243. The third kappa shape index (κ3) is 2.40. The van der Waals surface area contributed by atoms with Crippen molar-refractivity contribution in [3.05, 3.63) is 58.0 Å². The molecule has 1 N–H and O–H groups in total. The van der Waals surface area contributed by atoms with Crippen molar-refractivity contribution in [2.75, 3.05) is 0 Å². The van der Waals surface area contributed by atoms with Gasteiger partial charge in [0.25, 0.3) is 5.56 Å². The second-order valence-electron chi connectivity index (χ2n) is 8.06. The van der Waals surface area contributed by atoms with Crippen molar-refractivity contribution in [3.63, 3.8) is 0 Å². The lowest BCUT2D eigenvalue weighted by atomic mass is 9.85. The van der Waals surface area contributed by atoms with E-state index in [0.717, 1.165) is 5.56 Å². The lowest BCUT2D eigenvalue weighted by Gasteiger charge is -2.44. The summed E-state index contributed by atoms with van der Waals surface area (Å²) in [7, 11) is 0. The van der Waals surface area contributed by atoms with Crippen LogP contribution in [0, 0.1) is 6.92 Å². The summed E-state index contributed by atoms with van der Waals surface area (Å²) in [6.45, 7) is 4.15.